The van der Waals surface area contributed by atoms with Gasteiger partial charge in [-0.15, -0.1) is 0 Å². The molecule has 16 heavy (non-hydrogen) atoms. The Morgan fingerprint density at radius 1 is 0.625 bits per heavy atom. The van der Waals surface area contributed by atoms with Crippen LogP contribution in [0.15, 0.2) is 0 Å². The van der Waals surface area contributed by atoms with Crippen molar-refractivity contribution in [3.05, 3.63) is 0 Å². The molecule has 0 spiro atoms. The van der Waals surface area contributed by atoms with E-state index in [-0.39, 0.29) is 39.7 Å². The van der Waals surface area contributed by atoms with E-state index in [0.717, 1.165) is 0 Å². The van der Waals surface area contributed by atoms with Crippen molar-refractivity contribution in [3.63, 3.8) is 0 Å². The van der Waals surface area contributed by atoms with Gasteiger partial charge in [0.15, 0.2) is 0 Å². The predicted octanol–water partition coefficient (Wildman–Crippen LogP) is -6.30. The van der Waals surface area contributed by atoms with Crippen LogP contribution in [0.25, 0.3) is 0 Å². The van der Waals surface area contributed by atoms with Crippen molar-refractivity contribution in [2.24, 2.45) is 0 Å². The van der Waals surface area contributed by atoms with E-state index >= 15 is 0 Å². The average Bonchev–Trinajstić information content (AvgIpc) is 1.14. The fraction of sp³-hybridized carbons (Fsp3) is 0. The zero-order valence-electron chi connectivity index (χ0n) is 8.17. The second-order valence-corrected chi connectivity index (χ2v) is 7.21. The number of rotatable bonds is 2. The first-order valence-corrected chi connectivity index (χ1v) is 7.89. The molecule has 0 aromatic heterocycles. The number of quaternary nitrogens is 2. The molecule has 0 unspecified atom stereocenters. The summed E-state index contributed by atoms with van der Waals surface area (Å²) in [5, 5.41) is 0. The Hall–Kier alpha value is 0.177. The van der Waals surface area contributed by atoms with Crippen LogP contribution < -0.4 is 19.8 Å². The molecule has 0 radical (unpaired) electrons. The SMILES string of the molecule is O.O.O.O.O.[NH4+].[NH4+].[O]=[Mo](=[O])([O-])[O][Mo](=[O])(=[O])[O-]. The molecule has 0 saturated heterocycles. The monoisotopic (exact) mass is 434 g/mol. The van der Waals surface area contributed by atoms with Gasteiger partial charge < -0.3 is 39.7 Å². The Kier molecular flexibility index (Phi) is 61.2. The van der Waals surface area contributed by atoms with Gasteiger partial charge >= 0.3 is 56.6 Å². The van der Waals surface area contributed by atoms with E-state index in [9.17, 15) is 21.1 Å². The maximum atomic E-state index is 9.42. The molecule has 0 aliphatic heterocycles. The number of hydrogen-bond donors (Lipinski definition) is 2. The van der Waals surface area contributed by atoms with Gasteiger partial charge in [-0.1, -0.05) is 0 Å². The van der Waals surface area contributed by atoms with Crippen molar-refractivity contribution in [3.8, 4) is 0 Å². The van der Waals surface area contributed by atoms with E-state index in [1.165, 1.54) is 0 Å². The molecule has 0 rings (SSSR count). The summed E-state index contributed by atoms with van der Waals surface area (Å²) in [4.78, 5) is 0. The predicted molar refractivity (Wildman–Crippen MR) is 33.9 cm³/mol. The number of hydrogen-bond acceptors (Lipinski definition) is 7. The zero-order chi connectivity index (χ0) is 7.71. The van der Waals surface area contributed by atoms with E-state index in [4.69, 9.17) is 0 Å². The van der Waals surface area contributed by atoms with Crippen molar-refractivity contribution < 1.29 is 84.0 Å². The van der Waals surface area contributed by atoms with Crippen LogP contribution in [0.3, 0.4) is 0 Å². The molecule has 14 nitrogen and oxygen atoms in total. The first-order chi connectivity index (χ1) is 3.71. The van der Waals surface area contributed by atoms with Crippen molar-refractivity contribution in [1.29, 1.82) is 0 Å². The summed E-state index contributed by atoms with van der Waals surface area (Å²) in [6, 6.07) is 0. The molecular weight excluding hydrogens is 412 g/mol. The molecule has 0 heterocycles. The van der Waals surface area contributed by atoms with Gasteiger partial charge in [0.25, 0.3) is 0 Å². The fourth-order valence-electron chi connectivity index (χ4n) is 0.102. The second kappa shape index (κ2) is 17.6. The van der Waals surface area contributed by atoms with Crippen LogP contribution in [0.5, 0.6) is 0 Å². The van der Waals surface area contributed by atoms with Crippen LogP contribution in [0.4, 0.5) is 0 Å². The summed E-state index contributed by atoms with van der Waals surface area (Å²) in [6.07, 6.45) is 0. The van der Waals surface area contributed by atoms with Crippen LogP contribution in [0, 0.1) is 0 Å². The van der Waals surface area contributed by atoms with Crippen LogP contribution in [0.2, 0.25) is 0 Å². The van der Waals surface area contributed by atoms with Crippen molar-refractivity contribution in [2.45, 2.75) is 0 Å². The van der Waals surface area contributed by atoms with Gasteiger partial charge in [-0.3, -0.25) is 0 Å². The third kappa shape index (κ3) is 64.5. The fourth-order valence-corrected chi connectivity index (χ4v) is 3.57. The molecule has 0 aromatic carbocycles. The van der Waals surface area contributed by atoms with Crippen LogP contribution in [0.1, 0.15) is 0 Å². The Labute approximate surface area is 96.4 Å². The zero-order valence-corrected chi connectivity index (χ0v) is 12.2. The minimum atomic E-state index is -6.37. The molecule has 0 aromatic rings. The van der Waals surface area contributed by atoms with Gasteiger partial charge in [-0.2, -0.15) is 0 Å². The molecule has 0 atom stereocenters. The van der Waals surface area contributed by atoms with E-state index in [0.29, 0.717) is 0 Å². The summed E-state index contributed by atoms with van der Waals surface area (Å²) in [7, 11) is 0. The van der Waals surface area contributed by atoms with Gasteiger partial charge in [0.1, 0.15) is 0 Å². The second-order valence-electron chi connectivity index (χ2n) is 0.885. The molecule has 112 valence electrons. The third-order valence-electron chi connectivity index (χ3n) is 0.167. The van der Waals surface area contributed by atoms with Gasteiger partial charge in [0.05, 0.1) is 0 Å². The summed E-state index contributed by atoms with van der Waals surface area (Å²) in [5.41, 5.74) is 0. The Morgan fingerprint density at radius 3 is 0.750 bits per heavy atom. The van der Waals surface area contributed by atoms with Gasteiger partial charge in [0, 0.05) is 0 Å². The van der Waals surface area contributed by atoms with Crippen molar-refractivity contribution in [1.82, 2.24) is 12.3 Å². The topological polar surface area (TPSA) is 354 Å². The van der Waals surface area contributed by atoms with E-state index in [1.807, 2.05) is 0 Å². The van der Waals surface area contributed by atoms with Gasteiger partial charge in [-0.05, 0) is 0 Å². The maximum absolute atomic E-state index is 9.42. The molecule has 0 aliphatic rings. The molecule has 0 amide bonds. The average molecular weight is 430 g/mol. The molecule has 0 aliphatic carbocycles. The molecule has 16 heteroatoms. The van der Waals surface area contributed by atoms with E-state index in [2.05, 4.69) is 2.04 Å². The standard InChI is InChI=1S/2Mo.2H3N.5H2O.7O/h;;2*1H3;5*1H2;;;;;;;/q;;;;;;;;;;;;;;2*-1/p+2. The van der Waals surface area contributed by atoms with Crippen LogP contribution >= 0.6 is 0 Å². The Balaban J connectivity index is -0.0000000152. The van der Waals surface area contributed by atoms with Crippen LogP contribution in [-0.4, -0.2) is 27.4 Å². The van der Waals surface area contributed by atoms with E-state index in [1.54, 1.807) is 0 Å². The summed E-state index contributed by atoms with van der Waals surface area (Å²) in [6.45, 7) is 0. The van der Waals surface area contributed by atoms with Gasteiger partial charge in [-0.25, -0.2) is 0 Å². The summed E-state index contributed by atoms with van der Waals surface area (Å²) < 4.78 is 59.2. The van der Waals surface area contributed by atoms with Gasteiger partial charge in [0.2, 0.25) is 0 Å². The molecule has 0 bridgehead atoms. The quantitative estimate of drug-likeness (QED) is 0.398. The molecule has 18 N–H and O–H groups in total. The van der Waals surface area contributed by atoms with E-state index < -0.39 is 33.5 Å². The minimum absolute atomic E-state index is 0. The first-order valence-electron chi connectivity index (χ1n) is 1.33. The molecule has 0 saturated carbocycles. The summed E-state index contributed by atoms with van der Waals surface area (Å²) in [5.74, 6) is 0. The molecule has 0 fully saturated rings. The first kappa shape index (κ1) is 55.7. The normalized spacial score (nSPS) is 7.62. The molecular formula is H18Mo2N2O12. The summed E-state index contributed by atoms with van der Waals surface area (Å²) >= 11 is -12.7. The third-order valence-corrected chi connectivity index (χ3v) is 5.83. The van der Waals surface area contributed by atoms with Crippen molar-refractivity contribution >= 4 is 0 Å². The Bertz CT molecular complexity index is 242. The van der Waals surface area contributed by atoms with Crippen LogP contribution in [-0.2, 0) is 49.1 Å². The van der Waals surface area contributed by atoms with Crippen molar-refractivity contribution in [2.75, 3.05) is 0 Å². The Morgan fingerprint density at radius 2 is 0.750 bits per heavy atom.